The maximum absolute atomic E-state index is 11.2. The minimum absolute atomic E-state index is 0.247. The number of carbonyl (C=O) groups excluding carboxylic acids is 1. The van der Waals surface area contributed by atoms with E-state index < -0.39 is 5.97 Å². The highest BCUT2D eigenvalue weighted by atomic mass is 79.9. The molecule has 0 saturated heterocycles. The van der Waals surface area contributed by atoms with E-state index >= 15 is 0 Å². The number of carbonyl (C=O) groups is 1. The summed E-state index contributed by atoms with van der Waals surface area (Å²) in [4.78, 5) is 19.5. The average molecular weight is 273 g/mol. The predicted octanol–water partition coefficient (Wildman–Crippen LogP) is 2.22. The van der Waals surface area contributed by atoms with Crippen LogP contribution >= 0.6 is 15.9 Å². The number of halogens is 1. The van der Waals surface area contributed by atoms with E-state index in [1.54, 1.807) is 0 Å². The summed E-state index contributed by atoms with van der Waals surface area (Å²) in [7, 11) is 1.33. The predicted molar refractivity (Wildman–Crippen MR) is 59.6 cm³/mol. The number of ether oxygens (including phenoxy) is 1. The molecule has 1 rings (SSSR count). The van der Waals surface area contributed by atoms with E-state index in [-0.39, 0.29) is 5.69 Å². The van der Waals surface area contributed by atoms with Gasteiger partial charge in [0.05, 0.1) is 19.0 Å². The van der Waals surface area contributed by atoms with Gasteiger partial charge in [-0.2, -0.15) is 0 Å². The van der Waals surface area contributed by atoms with Gasteiger partial charge in [-0.15, -0.1) is 0 Å². The monoisotopic (exact) mass is 272 g/mol. The van der Waals surface area contributed by atoms with Crippen LogP contribution in [0, 0.1) is 5.92 Å². The van der Waals surface area contributed by atoms with Crippen LogP contribution in [0.2, 0.25) is 0 Å². The molecule has 0 amide bonds. The number of aromatic nitrogens is 2. The molecule has 0 bridgehead atoms. The summed E-state index contributed by atoms with van der Waals surface area (Å²) in [5.74, 6) is 0.00324. The van der Waals surface area contributed by atoms with Gasteiger partial charge in [-0.3, -0.25) is 0 Å². The first kappa shape index (κ1) is 12.1. The molecule has 1 heterocycles. The van der Waals surface area contributed by atoms with Gasteiger partial charge in [0, 0.05) is 0 Å². The van der Waals surface area contributed by atoms with Crippen LogP contribution in [0.3, 0.4) is 0 Å². The molecule has 0 aliphatic carbocycles. The Morgan fingerprint density at radius 2 is 2.27 bits per heavy atom. The maximum atomic E-state index is 11.2. The second-order valence-corrected chi connectivity index (χ2v) is 4.33. The fraction of sp³-hybridized carbons (Fsp3) is 0.500. The number of hydrogen-bond acceptors (Lipinski definition) is 4. The maximum Gasteiger partial charge on any atom is 0.358 e. The average Bonchev–Trinajstić information content (AvgIpc) is 2.19. The molecule has 0 N–H and O–H groups in total. The third-order valence-electron chi connectivity index (χ3n) is 1.79. The van der Waals surface area contributed by atoms with Gasteiger partial charge in [0.2, 0.25) is 0 Å². The number of hydrogen-bond donors (Lipinski definition) is 0. The molecule has 1 aromatic rings. The Bertz CT molecular complexity index is 366. The first-order valence-corrected chi connectivity index (χ1v) is 5.43. The highest BCUT2D eigenvalue weighted by molar-refractivity contribution is 9.10. The van der Waals surface area contributed by atoms with Crippen molar-refractivity contribution in [2.75, 3.05) is 7.11 Å². The zero-order valence-corrected chi connectivity index (χ0v) is 10.5. The molecular formula is C10H13BrN2O2. The van der Waals surface area contributed by atoms with Crippen molar-refractivity contribution in [2.24, 2.45) is 5.92 Å². The van der Waals surface area contributed by atoms with Crippen LogP contribution in [0.5, 0.6) is 0 Å². The van der Waals surface area contributed by atoms with E-state index in [0.717, 1.165) is 12.1 Å². The van der Waals surface area contributed by atoms with Crippen molar-refractivity contribution in [1.29, 1.82) is 0 Å². The van der Waals surface area contributed by atoms with Gasteiger partial charge >= 0.3 is 5.97 Å². The van der Waals surface area contributed by atoms with E-state index in [0.29, 0.717) is 10.5 Å². The van der Waals surface area contributed by atoms with Gasteiger partial charge in [0.25, 0.3) is 0 Å². The highest BCUT2D eigenvalue weighted by Crippen LogP contribution is 2.15. The van der Waals surface area contributed by atoms with Gasteiger partial charge in [-0.05, 0) is 28.3 Å². The molecule has 0 saturated carbocycles. The van der Waals surface area contributed by atoms with E-state index in [4.69, 9.17) is 0 Å². The lowest BCUT2D eigenvalue weighted by Crippen LogP contribution is -2.09. The molecule has 15 heavy (non-hydrogen) atoms. The van der Waals surface area contributed by atoms with Crippen LogP contribution in [0.25, 0.3) is 0 Å². The number of methoxy groups -OCH3 is 1. The van der Waals surface area contributed by atoms with Crippen molar-refractivity contribution >= 4 is 21.9 Å². The van der Waals surface area contributed by atoms with E-state index in [2.05, 4.69) is 44.5 Å². The molecule has 4 nitrogen and oxygen atoms in total. The van der Waals surface area contributed by atoms with Crippen LogP contribution in [-0.4, -0.2) is 23.0 Å². The Kier molecular flexibility index (Phi) is 4.20. The summed E-state index contributed by atoms with van der Waals surface area (Å²) in [5.41, 5.74) is 1.03. The minimum Gasteiger partial charge on any atom is -0.464 e. The van der Waals surface area contributed by atoms with Crippen molar-refractivity contribution in [1.82, 2.24) is 9.97 Å². The highest BCUT2D eigenvalue weighted by Gasteiger charge is 2.12. The van der Waals surface area contributed by atoms with Crippen molar-refractivity contribution in [2.45, 2.75) is 20.3 Å². The van der Waals surface area contributed by atoms with Crippen molar-refractivity contribution in [3.8, 4) is 0 Å². The van der Waals surface area contributed by atoms with Crippen molar-refractivity contribution < 1.29 is 9.53 Å². The van der Waals surface area contributed by atoms with E-state index in [1.807, 2.05) is 0 Å². The first-order valence-electron chi connectivity index (χ1n) is 4.64. The molecule has 0 aliphatic heterocycles. The third kappa shape index (κ3) is 3.27. The lowest BCUT2D eigenvalue weighted by atomic mass is 10.1. The van der Waals surface area contributed by atoms with Gasteiger partial charge in [-0.1, -0.05) is 13.8 Å². The fourth-order valence-corrected chi connectivity index (χ4v) is 1.49. The standard InChI is InChI=1S/C10H13BrN2O2/c1-6(2)4-7-9(11)12-5-8(13-7)10(14)15-3/h5-6H,4H2,1-3H3. The summed E-state index contributed by atoms with van der Waals surface area (Å²) in [6.07, 6.45) is 2.18. The van der Waals surface area contributed by atoms with Gasteiger partial charge in [0.1, 0.15) is 4.60 Å². The van der Waals surface area contributed by atoms with Crippen LogP contribution < -0.4 is 0 Å². The van der Waals surface area contributed by atoms with Gasteiger partial charge in [0.15, 0.2) is 5.69 Å². The Morgan fingerprint density at radius 3 is 2.80 bits per heavy atom. The van der Waals surface area contributed by atoms with Crippen LogP contribution in [-0.2, 0) is 11.2 Å². The second-order valence-electron chi connectivity index (χ2n) is 3.58. The molecule has 0 spiro atoms. The van der Waals surface area contributed by atoms with Crippen LogP contribution in [0.1, 0.15) is 30.0 Å². The molecule has 0 unspecified atom stereocenters. The third-order valence-corrected chi connectivity index (χ3v) is 2.45. The Balaban J connectivity index is 2.99. The van der Waals surface area contributed by atoms with E-state index in [1.165, 1.54) is 13.3 Å². The molecular weight excluding hydrogens is 260 g/mol. The second kappa shape index (κ2) is 5.21. The van der Waals surface area contributed by atoms with Crippen molar-refractivity contribution in [3.05, 3.63) is 22.2 Å². The Labute approximate surface area is 97.2 Å². The quantitative estimate of drug-likeness (QED) is 0.792. The lowest BCUT2D eigenvalue weighted by Gasteiger charge is -2.07. The first-order chi connectivity index (χ1) is 7.04. The minimum atomic E-state index is -0.458. The molecule has 0 aliphatic rings. The summed E-state index contributed by atoms with van der Waals surface area (Å²) in [6, 6.07) is 0. The zero-order valence-electron chi connectivity index (χ0n) is 8.95. The summed E-state index contributed by atoms with van der Waals surface area (Å²) < 4.78 is 5.26. The summed E-state index contributed by atoms with van der Waals surface area (Å²) in [5, 5.41) is 0. The van der Waals surface area contributed by atoms with Gasteiger partial charge < -0.3 is 4.74 Å². The SMILES string of the molecule is COC(=O)c1cnc(Br)c(CC(C)C)n1. The topological polar surface area (TPSA) is 52.1 Å². The van der Waals surface area contributed by atoms with Crippen LogP contribution in [0.15, 0.2) is 10.8 Å². The number of nitrogens with zero attached hydrogens (tertiary/aromatic N) is 2. The van der Waals surface area contributed by atoms with Crippen molar-refractivity contribution in [3.63, 3.8) is 0 Å². The Hall–Kier alpha value is -0.970. The van der Waals surface area contributed by atoms with Crippen LogP contribution in [0.4, 0.5) is 0 Å². The lowest BCUT2D eigenvalue weighted by molar-refractivity contribution is 0.0593. The molecule has 5 heteroatoms. The number of rotatable bonds is 3. The summed E-state index contributed by atoms with van der Waals surface area (Å²) in [6.45, 7) is 4.16. The number of esters is 1. The molecule has 0 fully saturated rings. The largest absolute Gasteiger partial charge is 0.464 e. The molecule has 82 valence electrons. The zero-order chi connectivity index (χ0) is 11.4. The molecule has 0 radical (unpaired) electrons. The molecule has 0 atom stereocenters. The molecule has 0 aromatic carbocycles. The normalized spacial score (nSPS) is 10.5. The smallest absolute Gasteiger partial charge is 0.358 e. The van der Waals surface area contributed by atoms with E-state index in [9.17, 15) is 4.79 Å². The fourth-order valence-electron chi connectivity index (χ4n) is 1.13. The van der Waals surface area contributed by atoms with Gasteiger partial charge in [-0.25, -0.2) is 14.8 Å². The summed E-state index contributed by atoms with van der Waals surface area (Å²) >= 11 is 3.30. The Morgan fingerprint density at radius 1 is 1.60 bits per heavy atom. The molecule has 1 aromatic heterocycles.